The van der Waals surface area contributed by atoms with Crippen LogP contribution in [0, 0.1) is 17.7 Å². The van der Waals surface area contributed by atoms with Crippen molar-refractivity contribution in [2.45, 2.75) is 39.2 Å². The lowest BCUT2D eigenvalue weighted by Crippen LogP contribution is -2.22. The van der Waals surface area contributed by atoms with Gasteiger partial charge in [0.1, 0.15) is 0 Å². The third kappa shape index (κ3) is 4.38. The van der Waals surface area contributed by atoms with Crippen molar-refractivity contribution in [1.29, 1.82) is 0 Å². The molecule has 0 saturated carbocycles. The van der Waals surface area contributed by atoms with Crippen LogP contribution < -0.4 is 10.5 Å². The second-order valence-corrected chi connectivity index (χ2v) is 4.13. The molecular weight excluding hydrogens is 229 g/mol. The van der Waals surface area contributed by atoms with Crippen LogP contribution in [-0.4, -0.2) is 12.6 Å². The second-order valence-electron chi connectivity index (χ2n) is 4.13. The van der Waals surface area contributed by atoms with Gasteiger partial charge in [-0.05, 0) is 31.4 Å². The first-order valence-corrected chi connectivity index (χ1v) is 6.24. The summed E-state index contributed by atoms with van der Waals surface area (Å²) in [7, 11) is 0. The van der Waals surface area contributed by atoms with E-state index in [9.17, 15) is 4.39 Å². The minimum absolute atomic E-state index is 0.0320. The van der Waals surface area contributed by atoms with Gasteiger partial charge < -0.3 is 10.5 Å². The van der Waals surface area contributed by atoms with E-state index in [4.69, 9.17) is 10.5 Å². The van der Waals surface area contributed by atoms with Crippen molar-refractivity contribution >= 4 is 0 Å². The van der Waals surface area contributed by atoms with Crippen LogP contribution in [-0.2, 0) is 6.42 Å². The van der Waals surface area contributed by atoms with Gasteiger partial charge >= 0.3 is 0 Å². The summed E-state index contributed by atoms with van der Waals surface area (Å²) in [6.07, 6.45) is 2.09. The number of para-hydroxylation sites is 1. The highest BCUT2D eigenvalue weighted by Crippen LogP contribution is 2.24. The number of nitrogens with two attached hydrogens (primary N) is 1. The summed E-state index contributed by atoms with van der Waals surface area (Å²) in [5.41, 5.74) is 6.73. The summed E-state index contributed by atoms with van der Waals surface area (Å²) in [6.45, 7) is 4.19. The van der Waals surface area contributed by atoms with Gasteiger partial charge in [0.25, 0.3) is 0 Å². The van der Waals surface area contributed by atoms with Crippen molar-refractivity contribution in [2.24, 2.45) is 5.73 Å². The lowest BCUT2D eigenvalue weighted by Gasteiger charge is -2.14. The molecule has 1 atom stereocenters. The molecule has 0 amide bonds. The van der Waals surface area contributed by atoms with E-state index in [1.165, 1.54) is 6.07 Å². The molecule has 0 aliphatic rings. The highest BCUT2D eigenvalue weighted by Gasteiger charge is 2.12. The number of hydrogen-bond donors (Lipinski definition) is 1. The minimum atomic E-state index is -0.333. The maximum Gasteiger partial charge on any atom is 0.165 e. The highest BCUT2D eigenvalue weighted by molar-refractivity contribution is 5.35. The van der Waals surface area contributed by atoms with Crippen LogP contribution in [0.1, 0.15) is 32.3 Å². The van der Waals surface area contributed by atoms with E-state index in [2.05, 4.69) is 11.8 Å². The van der Waals surface area contributed by atoms with Crippen LogP contribution in [0.25, 0.3) is 0 Å². The molecule has 1 aromatic rings. The van der Waals surface area contributed by atoms with Crippen molar-refractivity contribution in [3.05, 3.63) is 29.6 Å². The lowest BCUT2D eigenvalue weighted by molar-refractivity contribution is 0.305. The Labute approximate surface area is 108 Å². The zero-order valence-electron chi connectivity index (χ0n) is 11.0. The molecule has 0 fully saturated rings. The van der Waals surface area contributed by atoms with E-state index >= 15 is 0 Å². The van der Waals surface area contributed by atoms with E-state index in [0.29, 0.717) is 25.2 Å². The van der Waals surface area contributed by atoms with Crippen LogP contribution in [0.2, 0.25) is 0 Å². The van der Waals surface area contributed by atoms with Gasteiger partial charge in [-0.1, -0.05) is 19.1 Å². The van der Waals surface area contributed by atoms with Crippen molar-refractivity contribution < 1.29 is 9.13 Å². The van der Waals surface area contributed by atoms with E-state index in [1.807, 2.05) is 13.0 Å². The molecule has 3 heteroatoms. The molecule has 2 N–H and O–H groups in total. The SMILES string of the molecule is CC#CCCOc1c(F)cccc1CC(N)CC. The van der Waals surface area contributed by atoms with Crippen LogP contribution in [0.5, 0.6) is 5.75 Å². The number of rotatable bonds is 6. The van der Waals surface area contributed by atoms with Crippen molar-refractivity contribution in [2.75, 3.05) is 6.61 Å². The smallest absolute Gasteiger partial charge is 0.165 e. The Morgan fingerprint density at radius 1 is 1.44 bits per heavy atom. The van der Waals surface area contributed by atoms with E-state index in [0.717, 1.165) is 12.0 Å². The molecule has 0 saturated heterocycles. The van der Waals surface area contributed by atoms with Crippen molar-refractivity contribution in [3.63, 3.8) is 0 Å². The third-order valence-corrected chi connectivity index (χ3v) is 2.71. The summed E-state index contributed by atoms with van der Waals surface area (Å²) >= 11 is 0. The average molecular weight is 249 g/mol. The fraction of sp³-hybridized carbons (Fsp3) is 0.467. The molecule has 2 nitrogen and oxygen atoms in total. The fourth-order valence-corrected chi connectivity index (χ4v) is 1.63. The average Bonchev–Trinajstić information content (AvgIpc) is 2.37. The molecule has 1 unspecified atom stereocenters. The molecule has 0 heterocycles. The van der Waals surface area contributed by atoms with Gasteiger partial charge in [0.2, 0.25) is 0 Å². The maximum atomic E-state index is 13.7. The molecule has 0 bridgehead atoms. The van der Waals surface area contributed by atoms with Gasteiger partial charge in [0.15, 0.2) is 11.6 Å². The summed E-state index contributed by atoms with van der Waals surface area (Å²) < 4.78 is 19.2. The maximum absolute atomic E-state index is 13.7. The molecule has 0 aliphatic heterocycles. The molecule has 18 heavy (non-hydrogen) atoms. The number of hydrogen-bond acceptors (Lipinski definition) is 2. The topological polar surface area (TPSA) is 35.2 Å². The van der Waals surface area contributed by atoms with E-state index in [-0.39, 0.29) is 11.9 Å². The Morgan fingerprint density at radius 3 is 2.89 bits per heavy atom. The Hall–Kier alpha value is -1.53. The van der Waals surface area contributed by atoms with Gasteiger partial charge in [-0.15, -0.1) is 11.8 Å². The van der Waals surface area contributed by atoms with Crippen molar-refractivity contribution in [3.8, 4) is 17.6 Å². The third-order valence-electron chi connectivity index (χ3n) is 2.71. The predicted octanol–water partition coefficient (Wildman–Crippen LogP) is 2.90. The lowest BCUT2D eigenvalue weighted by atomic mass is 10.0. The van der Waals surface area contributed by atoms with Gasteiger partial charge in [0.05, 0.1) is 6.61 Å². The largest absolute Gasteiger partial charge is 0.489 e. The second kappa shape index (κ2) is 7.73. The van der Waals surface area contributed by atoms with Crippen molar-refractivity contribution in [1.82, 2.24) is 0 Å². The summed E-state index contributed by atoms with van der Waals surface area (Å²) in [5, 5.41) is 0. The number of ether oxygens (including phenoxy) is 1. The standard InChI is InChI=1S/C15H20FNO/c1-3-5-6-10-18-15-12(11-13(17)4-2)8-7-9-14(15)16/h7-9,13H,4,6,10-11,17H2,1-2H3. The first-order chi connectivity index (χ1) is 8.69. The Bertz CT molecular complexity index is 434. The van der Waals surface area contributed by atoms with Gasteiger partial charge in [-0.2, -0.15) is 0 Å². The van der Waals surface area contributed by atoms with Crippen LogP contribution in [0.3, 0.4) is 0 Å². The number of halogens is 1. The van der Waals surface area contributed by atoms with Crippen LogP contribution in [0.4, 0.5) is 4.39 Å². The van der Waals surface area contributed by atoms with Gasteiger partial charge in [-0.3, -0.25) is 0 Å². The van der Waals surface area contributed by atoms with E-state index in [1.54, 1.807) is 13.0 Å². The Kier molecular flexibility index (Phi) is 6.24. The molecule has 1 aromatic carbocycles. The van der Waals surface area contributed by atoms with E-state index < -0.39 is 0 Å². The predicted molar refractivity (Wildman–Crippen MR) is 71.9 cm³/mol. The number of benzene rings is 1. The molecule has 0 aliphatic carbocycles. The Morgan fingerprint density at radius 2 is 2.22 bits per heavy atom. The summed E-state index contributed by atoms with van der Waals surface area (Å²) in [4.78, 5) is 0. The first-order valence-electron chi connectivity index (χ1n) is 6.24. The minimum Gasteiger partial charge on any atom is -0.489 e. The molecule has 98 valence electrons. The zero-order valence-corrected chi connectivity index (χ0v) is 11.0. The normalized spacial score (nSPS) is 11.6. The monoisotopic (exact) mass is 249 g/mol. The van der Waals surface area contributed by atoms with Gasteiger partial charge in [-0.25, -0.2) is 4.39 Å². The molecule has 0 spiro atoms. The summed E-state index contributed by atoms with van der Waals surface area (Å²) in [5.74, 6) is 5.65. The molecule has 0 aromatic heterocycles. The van der Waals surface area contributed by atoms with Gasteiger partial charge in [0, 0.05) is 12.5 Å². The Balaban J connectivity index is 2.75. The molecule has 0 radical (unpaired) electrons. The zero-order chi connectivity index (χ0) is 13.4. The quantitative estimate of drug-likeness (QED) is 0.621. The molecule has 1 rings (SSSR count). The fourth-order valence-electron chi connectivity index (χ4n) is 1.63. The summed E-state index contributed by atoms with van der Waals surface area (Å²) in [6, 6.07) is 4.98. The highest BCUT2D eigenvalue weighted by atomic mass is 19.1. The van der Waals surface area contributed by atoms with Crippen LogP contribution in [0.15, 0.2) is 18.2 Å². The van der Waals surface area contributed by atoms with Crippen LogP contribution >= 0.6 is 0 Å². The molecular formula is C15H20FNO. The first kappa shape index (κ1) is 14.5.